The van der Waals surface area contributed by atoms with E-state index in [0.717, 1.165) is 31.0 Å². The van der Waals surface area contributed by atoms with Gasteiger partial charge in [-0.3, -0.25) is 20.2 Å². The van der Waals surface area contributed by atoms with E-state index in [1.165, 1.54) is 29.6 Å². The quantitative estimate of drug-likeness (QED) is 0.458. The van der Waals surface area contributed by atoms with Crippen LogP contribution in [0, 0.1) is 26.1 Å². The summed E-state index contributed by atoms with van der Waals surface area (Å²) in [4.78, 5) is 21.0. The summed E-state index contributed by atoms with van der Waals surface area (Å²) in [6.45, 7) is 2.65. The Hall–Kier alpha value is -3.25. The van der Waals surface area contributed by atoms with Gasteiger partial charge in [-0.15, -0.1) is 0 Å². The van der Waals surface area contributed by atoms with E-state index < -0.39 is 25.6 Å². The minimum Gasteiger partial charge on any atom is -0.493 e. The molecule has 0 spiro atoms. The number of benzene rings is 2. The van der Waals surface area contributed by atoms with Crippen LogP contribution in [0.15, 0.2) is 41.3 Å². The number of ether oxygens (including phenoxy) is 2. The predicted octanol–water partition coefficient (Wildman–Crippen LogP) is 3.72. The lowest BCUT2D eigenvalue weighted by Gasteiger charge is -2.30. The van der Waals surface area contributed by atoms with Gasteiger partial charge in [-0.1, -0.05) is 6.92 Å². The normalized spacial score (nSPS) is 17.2. The number of sulfonamides is 1. The number of piperidine rings is 1. The zero-order valence-corrected chi connectivity index (χ0v) is 17.7. The van der Waals surface area contributed by atoms with E-state index in [0.29, 0.717) is 13.1 Å². The maximum Gasteiger partial charge on any atom is 0.312 e. The lowest BCUT2D eigenvalue weighted by atomic mass is 10.0. The Balaban J connectivity index is 2.00. The van der Waals surface area contributed by atoms with E-state index in [2.05, 4.69) is 0 Å². The minimum absolute atomic E-state index is 0.111. The van der Waals surface area contributed by atoms with Gasteiger partial charge in [-0.25, -0.2) is 8.42 Å². The van der Waals surface area contributed by atoms with Crippen molar-refractivity contribution in [3.8, 4) is 17.2 Å². The number of nitro groups is 2. The third-order valence-corrected chi connectivity index (χ3v) is 6.82. The molecule has 11 nitrogen and oxygen atoms in total. The van der Waals surface area contributed by atoms with Crippen molar-refractivity contribution >= 4 is 21.4 Å². The predicted molar refractivity (Wildman–Crippen MR) is 110 cm³/mol. The summed E-state index contributed by atoms with van der Waals surface area (Å²) in [6.07, 6.45) is 1.64. The van der Waals surface area contributed by atoms with Crippen LogP contribution >= 0.6 is 0 Å². The maximum atomic E-state index is 13.0. The highest BCUT2D eigenvalue weighted by molar-refractivity contribution is 7.89. The molecule has 0 radical (unpaired) electrons. The molecule has 1 unspecified atom stereocenters. The first-order chi connectivity index (χ1) is 14.6. The van der Waals surface area contributed by atoms with Gasteiger partial charge < -0.3 is 9.47 Å². The lowest BCUT2D eigenvalue weighted by molar-refractivity contribution is -0.386. The average Bonchev–Trinajstić information content (AvgIpc) is 2.73. The molecule has 0 N–H and O–H groups in total. The number of nitrogens with zero attached hydrogens (tertiary/aromatic N) is 3. The second kappa shape index (κ2) is 8.86. The van der Waals surface area contributed by atoms with Gasteiger partial charge >= 0.3 is 5.69 Å². The molecule has 12 heteroatoms. The number of non-ortho nitro benzene ring substituents is 1. The fraction of sp³-hybridized carbons (Fsp3) is 0.368. The first-order valence-electron chi connectivity index (χ1n) is 9.42. The Morgan fingerprint density at radius 2 is 1.74 bits per heavy atom. The molecular formula is C19H21N3O8S. The second-order valence-corrected chi connectivity index (χ2v) is 9.13. The summed E-state index contributed by atoms with van der Waals surface area (Å²) >= 11 is 0. The SMILES string of the molecule is COc1ccc([N+](=O)[O-])cc1Oc1ccc(S(=O)(=O)N2CCCC(C)C2)cc1[N+](=O)[O-]. The molecular weight excluding hydrogens is 430 g/mol. The lowest BCUT2D eigenvalue weighted by Crippen LogP contribution is -2.39. The summed E-state index contributed by atoms with van der Waals surface area (Å²) in [6, 6.07) is 6.90. The first kappa shape index (κ1) is 22.4. The van der Waals surface area contributed by atoms with Gasteiger partial charge in [0.15, 0.2) is 11.5 Å². The number of rotatable bonds is 7. The van der Waals surface area contributed by atoms with E-state index in [4.69, 9.17) is 9.47 Å². The zero-order valence-electron chi connectivity index (χ0n) is 16.9. The highest BCUT2D eigenvalue weighted by atomic mass is 32.2. The Kier molecular flexibility index (Phi) is 6.41. The van der Waals surface area contributed by atoms with E-state index >= 15 is 0 Å². The van der Waals surface area contributed by atoms with E-state index in [-0.39, 0.29) is 33.7 Å². The molecule has 2 aromatic carbocycles. The molecule has 1 aliphatic rings. The number of nitro benzene ring substituents is 2. The minimum atomic E-state index is -3.91. The third-order valence-electron chi connectivity index (χ3n) is 4.96. The molecule has 31 heavy (non-hydrogen) atoms. The molecule has 1 aliphatic heterocycles. The fourth-order valence-electron chi connectivity index (χ4n) is 3.38. The fourth-order valence-corrected chi connectivity index (χ4v) is 5.00. The van der Waals surface area contributed by atoms with Crippen molar-refractivity contribution in [2.75, 3.05) is 20.2 Å². The second-order valence-electron chi connectivity index (χ2n) is 7.19. The third kappa shape index (κ3) is 4.75. The van der Waals surface area contributed by atoms with Crippen LogP contribution < -0.4 is 9.47 Å². The Morgan fingerprint density at radius 1 is 1.03 bits per heavy atom. The van der Waals surface area contributed by atoms with Crippen molar-refractivity contribution in [1.29, 1.82) is 0 Å². The Morgan fingerprint density at radius 3 is 2.35 bits per heavy atom. The molecule has 0 amide bonds. The van der Waals surface area contributed by atoms with Crippen LogP contribution in [0.4, 0.5) is 11.4 Å². The maximum absolute atomic E-state index is 13.0. The highest BCUT2D eigenvalue weighted by Crippen LogP contribution is 2.39. The van der Waals surface area contributed by atoms with Crippen molar-refractivity contribution in [1.82, 2.24) is 4.31 Å². The van der Waals surface area contributed by atoms with E-state index in [1.807, 2.05) is 6.92 Å². The molecule has 1 heterocycles. The summed E-state index contributed by atoms with van der Waals surface area (Å²) in [5, 5.41) is 22.7. The van der Waals surface area contributed by atoms with E-state index in [1.54, 1.807) is 0 Å². The van der Waals surface area contributed by atoms with Crippen molar-refractivity contribution in [2.24, 2.45) is 5.92 Å². The molecule has 1 fully saturated rings. The van der Waals surface area contributed by atoms with Gasteiger partial charge in [-0.2, -0.15) is 4.31 Å². The van der Waals surface area contributed by atoms with Gasteiger partial charge in [0, 0.05) is 25.2 Å². The number of methoxy groups -OCH3 is 1. The highest BCUT2D eigenvalue weighted by Gasteiger charge is 2.31. The van der Waals surface area contributed by atoms with Crippen molar-refractivity contribution in [3.05, 3.63) is 56.6 Å². The summed E-state index contributed by atoms with van der Waals surface area (Å²) in [5.74, 6) is -0.0589. The molecule has 3 rings (SSSR count). The Labute approximate surface area is 178 Å². The molecule has 1 saturated heterocycles. The van der Waals surface area contributed by atoms with Crippen LogP contribution in [0.2, 0.25) is 0 Å². The van der Waals surface area contributed by atoms with Crippen LogP contribution in [0.25, 0.3) is 0 Å². The van der Waals surface area contributed by atoms with Crippen LogP contribution in [-0.2, 0) is 10.0 Å². The number of hydrogen-bond acceptors (Lipinski definition) is 8. The van der Waals surface area contributed by atoms with Gasteiger partial charge in [0.25, 0.3) is 5.69 Å². The molecule has 2 aromatic rings. The molecule has 1 atom stereocenters. The first-order valence-corrected chi connectivity index (χ1v) is 10.9. The van der Waals surface area contributed by atoms with Crippen molar-refractivity contribution in [3.63, 3.8) is 0 Å². The largest absolute Gasteiger partial charge is 0.493 e. The van der Waals surface area contributed by atoms with Gasteiger partial charge in [0.2, 0.25) is 15.8 Å². The molecule has 0 bridgehead atoms. The molecule has 0 aliphatic carbocycles. The summed E-state index contributed by atoms with van der Waals surface area (Å²) in [5.41, 5.74) is -0.878. The van der Waals surface area contributed by atoms with Crippen molar-refractivity contribution in [2.45, 2.75) is 24.7 Å². The van der Waals surface area contributed by atoms with Crippen LogP contribution in [0.1, 0.15) is 19.8 Å². The van der Waals surface area contributed by atoms with Gasteiger partial charge in [0.05, 0.1) is 27.9 Å². The summed E-state index contributed by atoms with van der Waals surface area (Å²) < 4.78 is 37.9. The monoisotopic (exact) mass is 451 g/mol. The molecule has 0 saturated carbocycles. The van der Waals surface area contributed by atoms with E-state index in [9.17, 15) is 28.6 Å². The van der Waals surface area contributed by atoms with Gasteiger partial charge in [0.1, 0.15) is 0 Å². The Bertz CT molecular complexity index is 1120. The number of hydrogen-bond donors (Lipinski definition) is 0. The van der Waals surface area contributed by atoms with Crippen LogP contribution in [-0.4, -0.2) is 42.8 Å². The molecule has 0 aromatic heterocycles. The van der Waals surface area contributed by atoms with Crippen LogP contribution in [0.5, 0.6) is 17.2 Å². The standard InChI is InChI=1S/C19H21N3O8S/c1-13-4-3-9-20(12-13)31(27,28)15-6-8-17(16(11-15)22(25)26)30-19-10-14(21(23)24)5-7-18(19)29-2/h5-8,10-11,13H,3-4,9,12H2,1-2H3. The van der Waals surface area contributed by atoms with Crippen LogP contribution in [0.3, 0.4) is 0 Å². The smallest absolute Gasteiger partial charge is 0.312 e. The molecule has 166 valence electrons. The summed E-state index contributed by atoms with van der Waals surface area (Å²) in [7, 11) is -2.59. The van der Waals surface area contributed by atoms with Crippen molar-refractivity contribution < 1.29 is 27.7 Å². The average molecular weight is 451 g/mol. The zero-order chi connectivity index (χ0) is 22.8. The topological polar surface area (TPSA) is 142 Å². The van der Waals surface area contributed by atoms with Gasteiger partial charge in [-0.05, 0) is 37.0 Å².